The Morgan fingerprint density at radius 2 is 1.94 bits per heavy atom. The minimum absolute atomic E-state index is 0.0593. The predicted octanol–water partition coefficient (Wildman–Crippen LogP) is 5.55. The maximum atomic E-state index is 13.3. The first-order valence-corrected chi connectivity index (χ1v) is 13.2. The number of allylic oxidation sites excluding steroid dienone is 2. The van der Waals surface area contributed by atoms with Crippen LogP contribution in [0.1, 0.15) is 97.1 Å². The van der Waals surface area contributed by atoms with Gasteiger partial charge >= 0.3 is 11.9 Å². The Morgan fingerprint density at radius 3 is 2.58 bits per heavy atom. The fraction of sp³-hybridized carbons (Fsp3) is 0.621. The molecule has 7 nitrogen and oxygen atoms in total. The van der Waals surface area contributed by atoms with Gasteiger partial charge in [0.25, 0.3) is 0 Å². The maximum Gasteiger partial charge on any atom is 0.334 e. The molecule has 36 heavy (non-hydrogen) atoms. The fourth-order valence-corrected chi connectivity index (χ4v) is 5.40. The molecule has 2 N–H and O–H groups in total. The van der Waals surface area contributed by atoms with Gasteiger partial charge in [-0.1, -0.05) is 45.3 Å². The summed E-state index contributed by atoms with van der Waals surface area (Å²) in [7, 11) is 0. The molecule has 0 spiro atoms. The van der Waals surface area contributed by atoms with Gasteiger partial charge in [-0.05, 0) is 70.1 Å². The molecule has 198 valence electrons. The summed E-state index contributed by atoms with van der Waals surface area (Å²) in [6, 6.07) is 3.07. The van der Waals surface area contributed by atoms with E-state index in [0.29, 0.717) is 5.75 Å². The Balaban J connectivity index is 2.01. The lowest BCUT2D eigenvalue weighted by Gasteiger charge is -2.46. The number of benzene rings is 1. The van der Waals surface area contributed by atoms with Gasteiger partial charge in [-0.2, -0.15) is 0 Å². The summed E-state index contributed by atoms with van der Waals surface area (Å²) in [5.41, 5.74) is 2.88. The molecule has 3 atom stereocenters. The molecule has 7 heteroatoms. The molecule has 1 aliphatic heterocycles. The molecule has 1 aromatic carbocycles. The van der Waals surface area contributed by atoms with Gasteiger partial charge < -0.3 is 19.9 Å². The zero-order valence-electron chi connectivity index (χ0n) is 22.5. The number of hydrogen-bond acceptors (Lipinski definition) is 5. The van der Waals surface area contributed by atoms with Crippen LogP contribution in [0.2, 0.25) is 0 Å². The highest BCUT2D eigenvalue weighted by molar-refractivity contribution is 5.95. The van der Waals surface area contributed by atoms with Crippen LogP contribution in [-0.4, -0.2) is 34.6 Å². The van der Waals surface area contributed by atoms with E-state index in [0.717, 1.165) is 55.4 Å². The van der Waals surface area contributed by atoms with Crippen molar-refractivity contribution in [1.82, 2.24) is 5.32 Å². The zero-order chi connectivity index (χ0) is 26.6. The molecule has 1 aliphatic carbocycles. The second-order valence-corrected chi connectivity index (χ2v) is 11.1. The predicted molar refractivity (Wildman–Crippen MR) is 138 cm³/mol. The van der Waals surface area contributed by atoms with Gasteiger partial charge in [0.05, 0.1) is 0 Å². The van der Waals surface area contributed by atoms with Crippen LogP contribution < -0.4 is 14.8 Å². The topological polar surface area (TPSA) is 102 Å². The van der Waals surface area contributed by atoms with Crippen LogP contribution in [0, 0.1) is 11.8 Å². The van der Waals surface area contributed by atoms with Gasteiger partial charge in [0.15, 0.2) is 0 Å². The molecule has 0 aromatic heterocycles. The molecule has 0 saturated carbocycles. The summed E-state index contributed by atoms with van der Waals surface area (Å²) < 4.78 is 12.6. The summed E-state index contributed by atoms with van der Waals surface area (Å²) in [6.07, 6.45) is 7.67. The second kappa shape index (κ2) is 11.5. The third kappa shape index (κ3) is 6.48. The van der Waals surface area contributed by atoms with Crippen LogP contribution >= 0.6 is 0 Å². The Bertz CT molecular complexity index is 1020. The van der Waals surface area contributed by atoms with E-state index >= 15 is 0 Å². The molecule has 3 rings (SSSR count). The van der Waals surface area contributed by atoms with Gasteiger partial charge in [0, 0.05) is 17.4 Å². The molecule has 1 amide bonds. The van der Waals surface area contributed by atoms with Crippen LogP contribution in [0.5, 0.6) is 11.5 Å². The number of esters is 1. The van der Waals surface area contributed by atoms with Crippen LogP contribution in [0.25, 0.3) is 0 Å². The quantitative estimate of drug-likeness (QED) is 0.144. The maximum absolute atomic E-state index is 13.3. The van der Waals surface area contributed by atoms with E-state index < -0.39 is 30.3 Å². The summed E-state index contributed by atoms with van der Waals surface area (Å²) in [5, 5.41) is 11.5. The zero-order valence-corrected chi connectivity index (χ0v) is 22.5. The number of carbonyl (C=O) groups is 3. The number of amides is 1. The molecule has 1 aromatic rings. The standard InChI is InChI=1S/C29H41NO6/c1-7-8-9-10-19-14-22(35-28(34)27(17(2)3)30-24(31)16-25(32)33)26-20-13-18(4)11-12-21(20)29(5,6)36-23(26)15-19/h13-15,17,20-21,27H,7-12,16H2,1-6H3,(H,30,31)(H,32,33)/t20?,21?,27-/m0/s1. The SMILES string of the molecule is CCCCCc1cc(OC(=O)[C@@H](NC(=O)CC(=O)O)C(C)C)c2c(c1)OC(C)(C)C1CCC(C)=CC21. The number of carbonyl (C=O) groups excluding carboxylic acids is 2. The largest absolute Gasteiger partial charge is 0.487 e. The van der Waals surface area contributed by atoms with Crippen molar-refractivity contribution in [3.63, 3.8) is 0 Å². The number of rotatable bonds is 10. The Kier molecular flexibility index (Phi) is 8.85. The highest BCUT2D eigenvalue weighted by Crippen LogP contribution is 2.53. The fourth-order valence-electron chi connectivity index (χ4n) is 5.40. The highest BCUT2D eigenvalue weighted by atomic mass is 16.5. The lowest BCUT2D eigenvalue weighted by atomic mass is 9.68. The number of carboxylic acid groups (broad SMARTS) is 1. The van der Waals surface area contributed by atoms with E-state index in [2.05, 4.69) is 45.2 Å². The average molecular weight is 500 g/mol. The van der Waals surface area contributed by atoms with Crippen molar-refractivity contribution in [2.45, 2.75) is 104 Å². The first-order valence-electron chi connectivity index (χ1n) is 13.2. The van der Waals surface area contributed by atoms with Crippen molar-refractivity contribution in [1.29, 1.82) is 0 Å². The second-order valence-electron chi connectivity index (χ2n) is 11.1. The minimum Gasteiger partial charge on any atom is -0.487 e. The normalized spacial score (nSPS) is 20.9. The Morgan fingerprint density at radius 1 is 1.22 bits per heavy atom. The lowest BCUT2D eigenvalue weighted by Crippen LogP contribution is -2.47. The molecular formula is C29H41NO6. The van der Waals surface area contributed by atoms with Gasteiger partial charge in [-0.15, -0.1) is 0 Å². The van der Waals surface area contributed by atoms with E-state index in [4.69, 9.17) is 14.6 Å². The van der Waals surface area contributed by atoms with Gasteiger partial charge in [0.2, 0.25) is 5.91 Å². The van der Waals surface area contributed by atoms with Gasteiger partial charge in [-0.3, -0.25) is 9.59 Å². The summed E-state index contributed by atoms with van der Waals surface area (Å²) in [6.45, 7) is 12.1. The Labute approximate surface area is 214 Å². The number of fused-ring (bicyclic) bond motifs is 3. The molecule has 2 unspecified atom stereocenters. The number of nitrogens with one attached hydrogen (secondary N) is 1. The smallest absolute Gasteiger partial charge is 0.334 e. The lowest BCUT2D eigenvalue weighted by molar-refractivity contribution is -0.144. The monoisotopic (exact) mass is 499 g/mol. The number of ether oxygens (including phenoxy) is 2. The van der Waals surface area contributed by atoms with Crippen LogP contribution in [0.15, 0.2) is 23.8 Å². The average Bonchev–Trinajstić information content (AvgIpc) is 2.76. The first-order chi connectivity index (χ1) is 16.9. The number of aryl methyl sites for hydroxylation is 1. The number of unbranched alkanes of at least 4 members (excludes halogenated alkanes) is 2. The van der Waals surface area contributed by atoms with Crippen molar-refractivity contribution in [2.75, 3.05) is 0 Å². The van der Waals surface area contributed by atoms with Gasteiger partial charge in [0.1, 0.15) is 29.6 Å². The van der Waals surface area contributed by atoms with Crippen molar-refractivity contribution >= 4 is 17.8 Å². The third-order valence-electron chi connectivity index (χ3n) is 7.34. The molecule has 0 fully saturated rings. The third-order valence-corrected chi connectivity index (χ3v) is 7.34. The molecule has 2 aliphatic rings. The van der Waals surface area contributed by atoms with Crippen molar-refractivity contribution in [3.8, 4) is 11.5 Å². The number of hydrogen-bond donors (Lipinski definition) is 2. The molecule has 0 saturated heterocycles. The minimum atomic E-state index is -1.25. The van der Waals surface area contributed by atoms with Crippen LogP contribution in [-0.2, 0) is 20.8 Å². The number of aliphatic carboxylic acids is 1. The van der Waals surface area contributed by atoms with E-state index in [9.17, 15) is 14.4 Å². The van der Waals surface area contributed by atoms with E-state index in [-0.39, 0.29) is 23.4 Å². The molecule has 1 heterocycles. The van der Waals surface area contributed by atoms with Crippen molar-refractivity contribution in [3.05, 3.63) is 34.9 Å². The first kappa shape index (κ1) is 27.8. The molecule has 0 bridgehead atoms. The van der Waals surface area contributed by atoms with Crippen molar-refractivity contribution in [2.24, 2.45) is 11.8 Å². The summed E-state index contributed by atoms with van der Waals surface area (Å²) >= 11 is 0. The van der Waals surface area contributed by atoms with E-state index in [1.54, 1.807) is 13.8 Å². The Hall–Kier alpha value is -2.83. The summed E-state index contributed by atoms with van der Waals surface area (Å²) in [4.78, 5) is 36.4. The highest BCUT2D eigenvalue weighted by Gasteiger charge is 2.46. The van der Waals surface area contributed by atoms with Crippen molar-refractivity contribution < 1.29 is 29.0 Å². The number of carboxylic acids is 1. The molecular weight excluding hydrogens is 458 g/mol. The van der Waals surface area contributed by atoms with Gasteiger partial charge in [-0.25, -0.2) is 4.79 Å². The van der Waals surface area contributed by atoms with E-state index in [1.165, 1.54) is 5.57 Å². The van der Waals surface area contributed by atoms with Crippen LogP contribution in [0.3, 0.4) is 0 Å². The van der Waals surface area contributed by atoms with E-state index in [1.807, 2.05) is 6.07 Å². The van der Waals surface area contributed by atoms with Crippen LogP contribution in [0.4, 0.5) is 0 Å². The summed E-state index contributed by atoms with van der Waals surface area (Å²) in [5.74, 6) is -1.32. The molecule has 0 radical (unpaired) electrons.